The van der Waals surface area contributed by atoms with Gasteiger partial charge in [-0.15, -0.1) is 0 Å². The van der Waals surface area contributed by atoms with Crippen molar-refractivity contribution in [3.63, 3.8) is 0 Å². The maximum Gasteiger partial charge on any atom is 0.326 e. The van der Waals surface area contributed by atoms with Crippen molar-refractivity contribution < 1.29 is 14.7 Å². The van der Waals surface area contributed by atoms with E-state index in [1.165, 1.54) is 4.90 Å². The summed E-state index contributed by atoms with van der Waals surface area (Å²) in [5.41, 5.74) is 3.37. The Hall–Kier alpha value is -2.34. The molecule has 1 amide bonds. The van der Waals surface area contributed by atoms with Crippen molar-refractivity contribution in [1.82, 2.24) is 14.7 Å². The van der Waals surface area contributed by atoms with E-state index in [1.54, 1.807) is 16.8 Å². The molecule has 0 bridgehead atoms. The highest BCUT2D eigenvalue weighted by atomic mass is 35.5. The third-order valence-corrected chi connectivity index (χ3v) is 5.20. The Morgan fingerprint density at radius 3 is 2.58 bits per heavy atom. The molecule has 1 aliphatic rings. The number of rotatable bonds is 4. The predicted octanol–water partition coefficient (Wildman–Crippen LogP) is 3.15. The van der Waals surface area contributed by atoms with Crippen LogP contribution >= 0.6 is 11.6 Å². The molecule has 6 nitrogen and oxygen atoms in total. The molecular weight excluding hydrogens is 354 g/mol. The second-order valence-electron chi connectivity index (χ2n) is 6.65. The number of aromatic nitrogens is 2. The van der Waals surface area contributed by atoms with Crippen molar-refractivity contribution >= 4 is 23.5 Å². The van der Waals surface area contributed by atoms with Crippen LogP contribution in [-0.2, 0) is 16.0 Å². The molecule has 1 aromatic heterocycles. The van der Waals surface area contributed by atoms with Gasteiger partial charge in [-0.25, -0.2) is 9.48 Å². The maximum absolute atomic E-state index is 12.8. The van der Waals surface area contributed by atoms with Crippen molar-refractivity contribution in [3.8, 4) is 5.69 Å². The standard InChI is InChI=1S/C19H22ClN3O3/c1-12-16(11-18(24)22-10-4-3-5-17(22)19(25)26)13(2)23(21-12)15-8-6-14(20)7-9-15/h6-9,17H,3-5,10-11H2,1-2H3,(H,25,26)/t17-/m1/s1. The van der Waals surface area contributed by atoms with Crippen LogP contribution in [-0.4, -0.2) is 44.3 Å². The summed E-state index contributed by atoms with van der Waals surface area (Å²) in [7, 11) is 0. The molecule has 2 aromatic rings. The number of halogens is 1. The van der Waals surface area contributed by atoms with Crippen LogP contribution in [0.3, 0.4) is 0 Å². The minimum absolute atomic E-state index is 0.154. The van der Waals surface area contributed by atoms with Gasteiger partial charge >= 0.3 is 5.97 Å². The van der Waals surface area contributed by atoms with E-state index >= 15 is 0 Å². The molecule has 1 fully saturated rings. The highest BCUT2D eigenvalue weighted by Crippen LogP contribution is 2.23. The second kappa shape index (κ2) is 7.50. The van der Waals surface area contributed by atoms with Crippen LogP contribution in [0.2, 0.25) is 5.02 Å². The van der Waals surface area contributed by atoms with Gasteiger partial charge in [0, 0.05) is 22.8 Å². The summed E-state index contributed by atoms with van der Waals surface area (Å²) in [6.07, 6.45) is 2.36. The van der Waals surface area contributed by atoms with E-state index in [0.29, 0.717) is 18.0 Å². The van der Waals surface area contributed by atoms with Crippen LogP contribution in [0.4, 0.5) is 0 Å². The highest BCUT2D eigenvalue weighted by molar-refractivity contribution is 6.30. The molecule has 3 rings (SSSR count). The normalized spacial score (nSPS) is 17.3. The molecule has 1 saturated heterocycles. The number of amides is 1. The van der Waals surface area contributed by atoms with Gasteiger partial charge in [-0.1, -0.05) is 11.6 Å². The quantitative estimate of drug-likeness (QED) is 0.890. The summed E-state index contributed by atoms with van der Waals surface area (Å²) < 4.78 is 1.79. The summed E-state index contributed by atoms with van der Waals surface area (Å²) >= 11 is 5.94. The van der Waals surface area contributed by atoms with Crippen molar-refractivity contribution in [2.45, 2.75) is 45.6 Å². The zero-order chi connectivity index (χ0) is 18.8. The number of benzene rings is 1. The van der Waals surface area contributed by atoms with E-state index in [1.807, 2.05) is 26.0 Å². The second-order valence-corrected chi connectivity index (χ2v) is 7.09. The van der Waals surface area contributed by atoms with Gasteiger partial charge in [0.1, 0.15) is 6.04 Å². The number of hydrogen-bond donors (Lipinski definition) is 1. The molecule has 1 aromatic carbocycles. The Kier molecular flexibility index (Phi) is 5.32. The number of hydrogen-bond acceptors (Lipinski definition) is 3. The molecule has 138 valence electrons. The summed E-state index contributed by atoms with van der Waals surface area (Å²) in [5.74, 6) is -1.08. The number of aryl methyl sites for hydroxylation is 1. The average molecular weight is 376 g/mol. The van der Waals surface area contributed by atoms with Crippen LogP contribution in [0.15, 0.2) is 24.3 Å². The first-order valence-electron chi connectivity index (χ1n) is 8.72. The molecule has 0 radical (unpaired) electrons. The van der Waals surface area contributed by atoms with Crippen molar-refractivity contribution in [1.29, 1.82) is 0 Å². The van der Waals surface area contributed by atoms with Crippen LogP contribution in [0, 0.1) is 13.8 Å². The molecule has 1 atom stereocenters. The van der Waals surface area contributed by atoms with Gasteiger partial charge in [-0.3, -0.25) is 4.79 Å². The summed E-state index contributed by atoms with van der Waals surface area (Å²) in [4.78, 5) is 25.7. The van der Waals surface area contributed by atoms with Gasteiger partial charge in [0.15, 0.2) is 0 Å². The lowest BCUT2D eigenvalue weighted by Gasteiger charge is -2.33. The fourth-order valence-electron chi connectivity index (χ4n) is 3.50. The minimum atomic E-state index is -0.927. The Morgan fingerprint density at radius 2 is 1.92 bits per heavy atom. The van der Waals surface area contributed by atoms with Crippen LogP contribution in [0.25, 0.3) is 5.69 Å². The van der Waals surface area contributed by atoms with Crippen molar-refractivity contribution in [2.24, 2.45) is 0 Å². The van der Waals surface area contributed by atoms with E-state index in [9.17, 15) is 14.7 Å². The molecule has 0 saturated carbocycles. The third kappa shape index (κ3) is 3.60. The molecular formula is C19H22ClN3O3. The minimum Gasteiger partial charge on any atom is -0.480 e. The first-order valence-corrected chi connectivity index (χ1v) is 9.09. The van der Waals surface area contributed by atoms with Gasteiger partial charge in [0.25, 0.3) is 0 Å². The average Bonchev–Trinajstić information content (AvgIpc) is 2.90. The molecule has 2 heterocycles. The van der Waals surface area contributed by atoms with E-state index < -0.39 is 12.0 Å². The first-order chi connectivity index (χ1) is 12.4. The van der Waals surface area contributed by atoms with E-state index in [4.69, 9.17) is 11.6 Å². The zero-order valence-corrected chi connectivity index (χ0v) is 15.7. The number of nitrogens with zero attached hydrogens (tertiary/aromatic N) is 3. The number of piperidine rings is 1. The molecule has 7 heteroatoms. The Bertz CT molecular complexity index is 829. The number of aliphatic carboxylic acids is 1. The molecule has 1 N–H and O–H groups in total. The number of likely N-dealkylation sites (tertiary alicyclic amines) is 1. The molecule has 0 unspecified atom stereocenters. The summed E-state index contributed by atoms with van der Waals surface area (Å²) in [6.45, 7) is 4.29. The van der Waals surface area contributed by atoms with Crippen molar-refractivity contribution in [3.05, 3.63) is 46.2 Å². The van der Waals surface area contributed by atoms with Crippen molar-refractivity contribution in [2.75, 3.05) is 6.54 Å². The Labute approximate surface area is 157 Å². The van der Waals surface area contributed by atoms with Crippen LogP contribution in [0.1, 0.15) is 36.2 Å². The smallest absolute Gasteiger partial charge is 0.326 e. The Balaban J connectivity index is 1.84. The molecule has 1 aliphatic heterocycles. The largest absolute Gasteiger partial charge is 0.480 e. The fourth-order valence-corrected chi connectivity index (χ4v) is 3.63. The number of carbonyl (C=O) groups is 2. The van der Waals surface area contributed by atoms with Crippen LogP contribution < -0.4 is 0 Å². The van der Waals surface area contributed by atoms with E-state index in [-0.39, 0.29) is 12.3 Å². The lowest BCUT2D eigenvalue weighted by molar-refractivity contribution is -0.151. The monoisotopic (exact) mass is 375 g/mol. The number of carbonyl (C=O) groups excluding carboxylic acids is 1. The zero-order valence-electron chi connectivity index (χ0n) is 14.9. The molecule has 0 spiro atoms. The Morgan fingerprint density at radius 1 is 1.23 bits per heavy atom. The van der Waals surface area contributed by atoms with Gasteiger partial charge < -0.3 is 10.0 Å². The van der Waals surface area contributed by atoms with E-state index in [0.717, 1.165) is 35.5 Å². The number of carboxylic acid groups (broad SMARTS) is 1. The van der Waals surface area contributed by atoms with Gasteiger partial charge in [0.2, 0.25) is 5.91 Å². The predicted molar refractivity (Wildman–Crippen MR) is 98.7 cm³/mol. The number of carboxylic acids is 1. The topological polar surface area (TPSA) is 75.4 Å². The highest BCUT2D eigenvalue weighted by Gasteiger charge is 2.32. The molecule has 26 heavy (non-hydrogen) atoms. The van der Waals surface area contributed by atoms with Gasteiger partial charge in [-0.2, -0.15) is 5.10 Å². The lowest BCUT2D eigenvalue weighted by atomic mass is 10.0. The molecule has 0 aliphatic carbocycles. The van der Waals surface area contributed by atoms with E-state index in [2.05, 4.69) is 5.10 Å². The fraction of sp³-hybridized carbons (Fsp3) is 0.421. The lowest BCUT2D eigenvalue weighted by Crippen LogP contribution is -2.48. The SMILES string of the molecule is Cc1nn(-c2ccc(Cl)cc2)c(C)c1CC(=O)N1CCCC[C@@H]1C(=O)O. The summed E-state index contributed by atoms with van der Waals surface area (Å²) in [6, 6.07) is 6.62. The summed E-state index contributed by atoms with van der Waals surface area (Å²) in [5, 5.41) is 14.6. The third-order valence-electron chi connectivity index (χ3n) is 4.95. The van der Waals surface area contributed by atoms with Gasteiger partial charge in [0.05, 0.1) is 17.8 Å². The first kappa shape index (κ1) is 18.5. The maximum atomic E-state index is 12.8. The van der Waals surface area contributed by atoms with Crippen LogP contribution in [0.5, 0.6) is 0 Å². The van der Waals surface area contributed by atoms with Gasteiger partial charge in [-0.05, 0) is 57.4 Å².